The molecule has 0 radical (unpaired) electrons. The molecule has 0 aromatic heterocycles. The normalized spacial score (nSPS) is 28.1. The summed E-state index contributed by atoms with van der Waals surface area (Å²) in [5.41, 5.74) is 0.751. The second-order valence-corrected chi connectivity index (χ2v) is 11.8. The molecule has 0 aromatic carbocycles. The summed E-state index contributed by atoms with van der Waals surface area (Å²) in [6.45, 7) is 9.47. The average molecular weight is 226 g/mol. The maximum absolute atomic E-state index is 11.7. The number of ketones is 1. The largest absolute Gasteiger partial charge is 0.300 e. The third-order valence-electron chi connectivity index (χ3n) is 3.80. The number of Topliss-reactive ketones (excluding diaryl/α,β-unsaturated/α-hetero) is 1. The summed E-state index contributed by atoms with van der Waals surface area (Å²) in [7, 11) is -1.10. The summed E-state index contributed by atoms with van der Waals surface area (Å²) >= 11 is 0. The first-order chi connectivity index (χ1) is 6.93. The third kappa shape index (κ3) is 4.10. The van der Waals surface area contributed by atoms with Crippen LogP contribution in [-0.2, 0) is 4.79 Å². The fraction of sp³-hybridized carbons (Fsp3) is 0.923. The van der Waals surface area contributed by atoms with Gasteiger partial charge in [-0.05, 0) is 17.9 Å². The molecule has 0 unspecified atom stereocenters. The van der Waals surface area contributed by atoms with Crippen LogP contribution < -0.4 is 0 Å². The van der Waals surface area contributed by atoms with Gasteiger partial charge >= 0.3 is 0 Å². The van der Waals surface area contributed by atoms with Gasteiger partial charge in [0.05, 0.1) is 0 Å². The van der Waals surface area contributed by atoms with Gasteiger partial charge in [0.15, 0.2) is 0 Å². The molecule has 1 fully saturated rings. The summed E-state index contributed by atoms with van der Waals surface area (Å²) < 4.78 is 0. The summed E-state index contributed by atoms with van der Waals surface area (Å²) in [5, 5.41) is 0. The van der Waals surface area contributed by atoms with E-state index in [0.717, 1.165) is 18.4 Å². The highest BCUT2D eigenvalue weighted by molar-refractivity contribution is 6.77. The van der Waals surface area contributed by atoms with Gasteiger partial charge in [-0.1, -0.05) is 45.8 Å². The Bertz CT molecular complexity index is 217. The quantitative estimate of drug-likeness (QED) is 0.655. The molecule has 1 nitrogen and oxygen atoms in total. The van der Waals surface area contributed by atoms with E-state index in [9.17, 15) is 4.79 Å². The molecule has 1 aliphatic rings. The first-order valence-electron chi connectivity index (χ1n) is 6.45. The lowest BCUT2D eigenvalue weighted by Gasteiger charge is -2.35. The fourth-order valence-corrected chi connectivity index (χ4v) is 4.50. The van der Waals surface area contributed by atoms with Crippen molar-refractivity contribution in [1.29, 1.82) is 0 Å². The Morgan fingerprint density at radius 2 is 1.93 bits per heavy atom. The van der Waals surface area contributed by atoms with Crippen molar-refractivity contribution in [2.24, 2.45) is 5.92 Å². The Morgan fingerprint density at radius 1 is 1.27 bits per heavy atom. The van der Waals surface area contributed by atoms with E-state index in [4.69, 9.17) is 0 Å². The Labute approximate surface area is 95.7 Å². The molecule has 0 saturated heterocycles. The van der Waals surface area contributed by atoms with Gasteiger partial charge in [-0.2, -0.15) is 0 Å². The molecule has 15 heavy (non-hydrogen) atoms. The smallest absolute Gasteiger partial charge is 0.133 e. The van der Waals surface area contributed by atoms with Gasteiger partial charge in [-0.3, -0.25) is 4.79 Å². The molecule has 0 heterocycles. The zero-order valence-corrected chi connectivity index (χ0v) is 11.8. The highest BCUT2D eigenvalue weighted by atomic mass is 28.3. The SMILES string of the molecule is CCCC[C@@H]1CC(=O)C[C@@H]([Si](C)(C)C)C1. The van der Waals surface area contributed by atoms with Gasteiger partial charge < -0.3 is 0 Å². The van der Waals surface area contributed by atoms with Crippen LogP contribution in [0.1, 0.15) is 45.4 Å². The first kappa shape index (κ1) is 13.0. The average Bonchev–Trinajstić information content (AvgIpc) is 2.12. The number of unbranched alkanes of at least 4 members (excludes halogenated alkanes) is 1. The molecule has 1 aliphatic carbocycles. The molecule has 0 aromatic rings. The van der Waals surface area contributed by atoms with Crippen LogP contribution in [0.15, 0.2) is 0 Å². The first-order valence-corrected chi connectivity index (χ1v) is 10.0. The van der Waals surface area contributed by atoms with Crippen LogP contribution in [0, 0.1) is 5.92 Å². The standard InChI is InChI=1S/C13H26OSi/c1-5-6-7-11-8-12(14)10-13(9-11)15(2,3)4/h11,13H,5-10H2,1-4H3/t11-,13+/m1/s1. The lowest BCUT2D eigenvalue weighted by molar-refractivity contribution is -0.121. The minimum atomic E-state index is -1.10. The van der Waals surface area contributed by atoms with E-state index in [2.05, 4.69) is 26.6 Å². The lowest BCUT2D eigenvalue weighted by atomic mass is 9.84. The molecule has 2 atom stereocenters. The molecular weight excluding hydrogens is 200 g/mol. The predicted molar refractivity (Wildman–Crippen MR) is 69.0 cm³/mol. The summed E-state index contributed by atoms with van der Waals surface area (Å²) in [6.07, 6.45) is 6.95. The fourth-order valence-electron chi connectivity index (χ4n) is 2.62. The summed E-state index contributed by atoms with van der Waals surface area (Å²) in [5.74, 6) is 1.25. The monoisotopic (exact) mass is 226 g/mol. The molecule has 0 bridgehead atoms. The van der Waals surface area contributed by atoms with Crippen molar-refractivity contribution in [1.82, 2.24) is 0 Å². The summed E-state index contributed by atoms with van der Waals surface area (Å²) in [4.78, 5) is 11.7. The van der Waals surface area contributed by atoms with Crippen molar-refractivity contribution < 1.29 is 4.79 Å². The van der Waals surface area contributed by atoms with Gasteiger partial charge in [0.2, 0.25) is 0 Å². The Kier molecular flexibility index (Phi) is 4.57. The van der Waals surface area contributed by atoms with Crippen LogP contribution in [0.4, 0.5) is 0 Å². The van der Waals surface area contributed by atoms with Gasteiger partial charge in [0.1, 0.15) is 5.78 Å². The van der Waals surface area contributed by atoms with E-state index in [1.165, 1.54) is 25.7 Å². The summed E-state index contributed by atoms with van der Waals surface area (Å²) in [6, 6.07) is 0. The lowest BCUT2D eigenvalue weighted by Crippen LogP contribution is -2.35. The number of carbonyl (C=O) groups excluding carboxylic acids is 1. The van der Waals surface area contributed by atoms with Gasteiger partial charge in [-0.25, -0.2) is 0 Å². The van der Waals surface area contributed by atoms with Gasteiger partial charge in [0.25, 0.3) is 0 Å². The Hall–Kier alpha value is -0.113. The highest BCUT2D eigenvalue weighted by Crippen LogP contribution is 2.39. The van der Waals surface area contributed by atoms with E-state index < -0.39 is 8.07 Å². The van der Waals surface area contributed by atoms with Crippen molar-refractivity contribution in [3.63, 3.8) is 0 Å². The van der Waals surface area contributed by atoms with Crippen LogP contribution >= 0.6 is 0 Å². The molecule has 0 spiro atoms. The van der Waals surface area contributed by atoms with Crippen LogP contribution in [0.3, 0.4) is 0 Å². The number of carbonyl (C=O) groups is 1. The maximum atomic E-state index is 11.7. The van der Waals surface area contributed by atoms with E-state index in [-0.39, 0.29) is 0 Å². The number of hydrogen-bond acceptors (Lipinski definition) is 1. The minimum absolute atomic E-state index is 0.537. The van der Waals surface area contributed by atoms with Gasteiger partial charge in [-0.15, -0.1) is 0 Å². The Morgan fingerprint density at radius 3 is 2.47 bits per heavy atom. The van der Waals surface area contributed by atoms with E-state index >= 15 is 0 Å². The van der Waals surface area contributed by atoms with Crippen molar-refractivity contribution in [2.45, 2.75) is 70.6 Å². The van der Waals surface area contributed by atoms with Crippen molar-refractivity contribution in [2.75, 3.05) is 0 Å². The van der Waals surface area contributed by atoms with Crippen molar-refractivity contribution >= 4 is 13.9 Å². The molecule has 0 amide bonds. The van der Waals surface area contributed by atoms with Crippen LogP contribution in [-0.4, -0.2) is 13.9 Å². The molecule has 88 valence electrons. The van der Waals surface area contributed by atoms with Crippen molar-refractivity contribution in [3.8, 4) is 0 Å². The molecule has 1 rings (SSSR count). The zero-order valence-electron chi connectivity index (χ0n) is 10.8. The molecule has 2 heteroatoms. The molecule has 0 N–H and O–H groups in total. The van der Waals surface area contributed by atoms with E-state index in [0.29, 0.717) is 11.7 Å². The van der Waals surface area contributed by atoms with Crippen LogP contribution in [0.2, 0.25) is 25.2 Å². The topological polar surface area (TPSA) is 17.1 Å². The third-order valence-corrected chi connectivity index (χ3v) is 6.69. The molecule has 1 saturated carbocycles. The zero-order chi connectivity index (χ0) is 11.5. The second kappa shape index (κ2) is 5.29. The Balaban J connectivity index is 2.52. The highest BCUT2D eigenvalue weighted by Gasteiger charge is 2.34. The predicted octanol–water partition coefficient (Wildman–Crippen LogP) is 4.25. The minimum Gasteiger partial charge on any atom is -0.300 e. The molecule has 0 aliphatic heterocycles. The number of hydrogen-bond donors (Lipinski definition) is 0. The second-order valence-electron chi connectivity index (χ2n) is 6.25. The maximum Gasteiger partial charge on any atom is 0.133 e. The molecular formula is C13H26OSi. The van der Waals surface area contributed by atoms with Crippen LogP contribution in [0.25, 0.3) is 0 Å². The van der Waals surface area contributed by atoms with E-state index in [1.54, 1.807) is 0 Å². The van der Waals surface area contributed by atoms with Gasteiger partial charge in [0, 0.05) is 20.9 Å². The van der Waals surface area contributed by atoms with E-state index in [1.807, 2.05) is 0 Å². The van der Waals surface area contributed by atoms with Crippen LogP contribution in [0.5, 0.6) is 0 Å². The number of rotatable bonds is 4. The van der Waals surface area contributed by atoms with Crippen molar-refractivity contribution in [3.05, 3.63) is 0 Å².